The molecule has 0 aliphatic carbocycles. The molecule has 2 aromatic rings. The molecule has 1 heterocycles. The zero-order valence-electron chi connectivity index (χ0n) is 14.0. The van der Waals surface area contributed by atoms with E-state index >= 15 is 0 Å². The van der Waals surface area contributed by atoms with Crippen molar-refractivity contribution in [3.8, 4) is 5.75 Å². The second-order valence-corrected chi connectivity index (χ2v) is 6.02. The molecule has 3 rings (SSSR count). The van der Waals surface area contributed by atoms with Crippen LogP contribution in [0.15, 0.2) is 42.5 Å². The van der Waals surface area contributed by atoms with Crippen molar-refractivity contribution in [2.24, 2.45) is 0 Å². The van der Waals surface area contributed by atoms with Gasteiger partial charge < -0.3 is 20.1 Å². The number of carbonyl (C=O) groups is 1. The van der Waals surface area contributed by atoms with Crippen LogP contribution >= 0.6 is 0 Å². The number of phenolic OH excluding ortho intramolecular Hbond substituents is 1. The number of phenols is 1. The molecule has 1 aliphatic rings. The number of para-hydroxylation sites is 1. The Kier molecular flexibility index (Phi) is 5.19. The SMILES string of the molecule is CC(NC(=O)c1ccccc1N1CCOCC1)c1ccc(O)c(F)c1. The Hall–Kier alpha value is -2.60. The van der Waals surface area contributed by atoms with Crippen molar-refractivity contribution in [1.29, 1.82) is 0 Å². The molecule has 132 valence electrons. The standard InChI is InChI=1S/C19H21FN2O3/c1-13(14-6-7-18(23)16(20)12-14)21-19(24)15-4-2-3-5-17(15)22-8-10-25-11-9-22/h2-7,12-13,23H,8-11H2,1H3,(H,21,24). The van der Waals surface area contributed by atoms with E-state index in [1.54, 1.807) is 19.1 Å². The average Bonchev–Trinajstić information content (AvgIpc) is 2.64. The summed E-state index contributed by atoms with van der Waals surface area (Å²) in [5, 5.41) is 12.2. The minimum Gasteiger partial charge on any atom is -0.505 e. The Balaban J connectivity index is 1.77. The number of morpholine rings is 1. The Labute approximate surface area is 146 Å². The molecular formula is C19H21FN2O3. The van der Waals surface area contributed by atoms with Crippen LogP contribution in [0.5, 0.6) is 5.75 Å². The predicted octanol–water partition coefficient (Wildman–Crippen LogP) is 2.86. The molecule has 6 heteroatoms. The van der Waals surface area contributed by atoms with Gasteiger partial charge in [0.2, 0.25) is 0 Å². The lowest BCUT2D eigenvalue weighted by atomic mass is 10.1. The molecule has 1 fully saturated rings. The van der Waals surface area contributed by atoms with Crippen molar-refractivity contribution in [3.05, 3.63) is 59.4 Å². The summed E-state index contributed by atoms with van der Waals surface area (Å²) >= 11 is 0. The van der Waals surface area contributed by atoms with E-state index in [-0.39, 0.29) is 11.9 Å². The number of carbonyl (C=O) groups excluding carboxylic acids is 1. The molecule has 1 amide bonds. The zero-order chi connectivity index (χ0) is 17.8. The van der Waals surface area contributed by atoms with Crippen molar-refractivity contribution in [2.75, 3.05) is 31.2 Å². The third-order valence-corrected chi connectivity index (χ3v) is 4.32. The van der Waals surface area contributed by atoms with Crippen molar-refractivity contribution in [1.82, 2.24) is 5.32 Å². The molecule has 0 spiro atoms. The molecule has 25 heavy (non-hydrogen) atoms. The summed E-state index contributed by atoms with van der Waals surface area (Å²) < 4.78 is 18.9. The van der Waals surface area contributed by atoms with Crippen LogP contribution < -0.4 is 10.2 Å². The number of hydrogen-bond acceptors (Lipinski definition) is 4. The van der Waals surface area contributed by atoms with Gasteiger partial charge in [-0.05, 0) is 36.8 Å². The van der Waals surface area contributed by atoms with E-state index in [1.165, 1.54) is 12.1 Å². The zero-order valence-corrected chi connectivity index (χ0v) is 14.0. The van der Waals surface area contributed by atoms with Crippen LogP contribution in [0.1, 0.15) is 28.9 Å². The van der Waals surface area contributed by atoms with Gasteiger partial charge >= 0.3 is 0 Å². The van der Waals surface area contributed by atoms with Gasteiger partial charge in [-0.1, -0.05) is 18.2 Å². The van der Waals surface area contributed by atoms with Gasteiger partial charge in [-0.3, -0.25) is 4.79 Å². The molecule has 1 saturated heterocycles. The van der Waals surface area contributed by atoms with Gasteiger partial charge in [0, 0.05) is 18.8 Å². The molecule has 1 unspecified atom stereocenters. The first-order chi connectivity index (χ1) is 12.1. The Morgan fingerprint density at radius 2 is 1.96 bits per heavy atom. The molecule has 1 aliphatic heterocycles. The summed E-state index contributed by atoms with van der Waals surface area (Å²) in [7, 11) is 0. The highest BCUT2D eigenvalue weighted by Crippen LogP contribution is 2.24. The predicted molar refractivity (Wildman–Crippen MR) is 93.4 cm³/mol. The monoisotopic (exact) mass is 344 g/mol. The number of amides is 1. The van der Waals surface area contributed by atoms with Crippen molar-refractivity contribution < 1.29 is 19.0 Å². The molecule has 0 saturated carbocycles. The normalized spacial score (nSPS) is 15.7. The van der Waals surface area contributed by atoms with Crippen LogP contribution in [0, 0.1) is 5.82 Å². The maximum atomic E-state index is 13.5. The smallest absolute Gasteiger partial charge is 0.253 e. The Morgan fingerprint density at radius 1 is 1.24 bits per heavy atom. The van der Waals surface area contributed by atoms with Crippen LogP contribution in [0.4, 0.5) is 10.1 Å². The summed E-state index contributed by atoms with van der Waals surface area (Å²) in [5.41, 5.74) is 2.04. The number of rotatable bonds is 4. The van der Waals surface area contributed by atoms with Crippen LogP contribution in [0.25, 0.3) is 0 Å². The number of nitrogens with one attached hydrogen (secondary N) is 1. The summed E-state index contributed by atoms with van der Waals surface area (Å²) in [4.78, 5) is 14.9. The fraction of sp³-hybridized carbons (Fsp3) is 0.316. The van der Waals surface area contributed by atoms with Crippen LogP contribution in [0.3, 0.4) is 0 Å². The lowest BCUT2D eigenvalue weighted by Crippen LogP contribution is -2.38. The number of benzene rings is 2. The largest absolute Gasteiger partial charge is 0.505 e. The van der Waals surface area contributed by atoms with Gasteiger partial charge in [-0.2, -0.15) is 0 Å². The fourth-order valence-corrected chi connectivity index (χ4v) is 2.90. The Morgan fingerprint density at radius 3 is 2.68 bits per heavy atom. The topological polar surface area (TPSA) is 61.8 Å². The van der Waals surface area contributed by atoms with Gasteiger partial charge in [0.1, 0.15) is 0 Å². The molecular weight excluding hydrogens is 323 g/mol. The number of nitrogens with zero attached hydrogens (tertiary/aromatic N) is 1. The van der Waals surface area contributed by atoms with E-state index < -0.39 is 11.6 Å². The lowest BCUT2D eigenvalue weighted by Gasteiger charge is -2.30. The van der Waals surface area contributed by atoms with Crippen molar-refractivity contribution in [2.45, 2.75) is 13.0 Å². The van der Waals surface area contributed by atoms with Gasteiger partial charge in [0.15, 0.2) is 11.6 Å². The third kappa shape index (κ3) is 3.91. The van der Waals surface area contributed by atoms with E-state index in [0.29, 0.717) is 24.3 Å². The van der Waals surface area contributed by atoms with Crippen molar-refractivity contribution >= 4 is 11.6 Å². The summed E-state index contributed by atoms with van der Waals surface area (Å²) in [5.74, 6) is -1.32. The first-order valence-electron chi connectivity index (χ1n) is 8.27. The first-order valence-corrected chi connectivity index (χ1v) is 8.27. The lowest BCUT2D eigenvalue weighted by molar-refractivity contribution is 0.0938. The van der Waals surface area contributed by atoms with Gasteiger partial charge in [-0.15, -0.1) is 0 Å². The number of anilines is 1. The maximum Gasteiger partial charge on any atom is 0.253 e. The summed E-state index contributed by atoms with van der Waals surface area (Å²) in [6.45, 7) is 4.53. The highest BCUT2D eigenvalue weighted by Gasteiger charge is 2.20. The average molecular weight is 344 g/mol. The molecule has 2 N–H and O–H groups in total. The molecule has 5 nitrogen and oxygen atoms in total. The third-order valence-electron chi connectivity index (χ3n) is 4.32. The van der Waals surface area contributed by atoms with E-state index in [2.05, 4.69) is 10.2 Å². The molecule has 2 aromatic carbocycles. The number of aromatic hydroxyl groups is 1. The Bertz CT molecular complexity index is 760. The van der Waals surface area contributed by atoms with Crippen LogP contribution in [-0.2, 0) is 4.74 Å². The quantitative estimate of drug-likeness (QED) is 0.895. The highest BCUT2D eigenvalue weighted by atomic mass is 19.1. The van der Waals surface area contributed by atoms with E-state index in [9.17, 15) is 14.3 Å². The minimum absolute atomic E-state index is 0.219. The molecule has 0 radical (unpaired) electrons. The van der Waals surface area contributed by atoms with Crippen LogP contribution in [-0.4, -0.2) is 37.3 Å². The molecule has 1 atom stereocenters. The second kappa shape index (κ2) is 7.53. The molecule has 0 aromatic heterocycles. The number of hydrogen-bond donors (Lipinski definition) is 2. The van der Waals surface area contributed by atoms with E-state index in [0.717, 1.165) is 18.8 Å². The number of ether oxygens (including phenoxy) is 1. The summed E-state index contributed by atoms with van der Waals surface area (Å²) in [6, 6.07) is 11.2. The summed E-state index contributed by atoms with van der Waals surface area (Å²) in [6.07, 6.45) is 0. The molecule has 0 bridgehead atoms. The second-order valence-electron chi connectivity index (χ2n) is 6.02. The van der Waals surface area contributed by atoms with Gasteiger partial charge in [0.05, 0.1) is 24.8 Å². The fourth-order valence-electron chi connectivity index (χ4n) is 2.90. The van der Waals surface area contributed by atoms with E-state index in [4.69, 9.17) is 4.74 Å². The van der Waals surface area contributed by atoms with Crippen molar-refractivity contribution in [3.63, 3.8) is 0 Å². The van der Waals surface area contributed by atoms with Gasteiger partial charge in [-0.25, -0.2) is 4.39 Å². The highest BCUT2D eigenvalue weighted by molar-refractivity contribution is 6.00. The first kappa shape index (κ1) is 17.2. The van der Waals surface area contributed by atoms with Gasteiger partial charge in [0.25, 0.3) is 5.91 Å². The van der Waals surface area contributed by atoms with Crippen LogP contribution in [0.2, 0.25) is 0 Å². The minimum atomic E-state index is -0.702. The number of halogens is 1. The maximum absolute atomic E-state index is 13.5. The van der Waals surface area contributed by atoms with E-state index in [1.807, 2.05) is 18.2 Å².